The second-order valence-corrected chi connectivity index (χ2v) is 40.9. The molecule has 0 bridgehead atoms. The van der Waals surface area contributed by atoms with E-state index >= 15 is 45.6 Å². The Morgan fingerprint density at radius 2 is 0.470 bits per heavy atom. The van der Waals surface area contributed by atoms with Crippen LogP contribution in [0.25, 0.3) is 10.8 Å². The van der Waals surface area contributed by atoms with Crippen LogP contribution in [-0.2, 0) is 90.6 Å². The minimum absolute atomic E-state index is 0.0552. The van der Waals surface area contributed by atoms with Gasteiger partial charge in [0.25, 0.3) is 11.8 Å². The fourth-order valence-electron chi connectivity index (χ4n) is 20.4. The summed E-state index contributed by atoms with van der Waals surface area (Å²) in [7, 11) is -9.79. The molecule has 0 radical (unpaired) electrons. The van der Waals surface area contributed by atoms with Crippen molar-refractivity contribution < 1.29 is 45.6 Å². The van der Waals surface area contributed by atoms with E-state index in [1.807, 2.05) is 146 Å². The van der Waals surface area contributed by atoms with E-state index in [0.29, 0.717) is 103 Å². The number of amides is 6. The number of hydrogen-bond donors (Lipinski definition) is 4. The highest BCUT2D eigenvalue weighted by Crippen LogP contribution is 2.39. The average molecular weight is 1820 g/mol. The molecule has 20 heteroatoms. The number of nitrogens with zero attached hydrogens (tertiary/aromatic N) is 4. The van der Waals surface area contributed by atoms with Gasteiger partial charge >= 0.3 is 0 Å². The lowest BCUT2D eigenvalue weighted by Gasteiger charge is -2.38. The highest BCUT2D eigenvalue weighted by atomic mass is 32.2. The summed E-state index contributed by atoms with van der Waals surface area (Å²) < 4.78 is 69.3. The number of aryl methyl sites for hydroxylation is 8. The number of carbonyl (C=O) groups excluding carboxylic acids is 6. The van der Waals surface area contributed by atoms with E-state index in [0.717, 1.165) is 103 Å². The molecule has 18 nitrogen and oxygen atoms in total. The Labute approximate surface area is 784 Å². The lowest BCUT2D eigenvalue weighted by atomic mass is 9.93. The van der Waals surface area contributed by atoms with Gasteiger partial charge in [-0.2, -0.15) is 8.61 Å². The summed E-state index contributed by atoms with van der Waals surface area (Å²) in [4.78, 5) is 99.0. The molecule has 132 heavy (non-hydrogen) atoms. The molecule has 0 aliphatic carbocycles. The summed E-state index contributed by atoms with van der Waals surface area (Å²) in [5, 5.41) is 13.5. The Hall–Kier alpha value is -10.9. The monoisotopic (exact) mass is 1820 g/mol. The van der Waals surface area contributed by atoms with Crippen LogP contribution in [0.2, 0.25) is 0 Å². The summed E-state index contributed by atoms with van der Waals surface area (Å²) in [5.41, 5.74) is 8.89. The van der Waals surface area contributed by atoms with E-state index in [9.17, 15) is 0 Å². The summed E-state index contributed by atoms with van der Waals surface area (Å²) in [6.45, 7) is 0.0418. The van der Waals surface area contributed by atoms with Crippen molar-refractivity contribution in [3.8, 4) is 0 Å². The van der Waals surface area contributed by atoms with Gasteiger partial charge in [0.05, 0.1) is 9.79 Å². The van der Waals surface area contributed by atoms with Gasteiger partial charge in [-0.1, -0.05) is 255 Å². The van der Waals surface area contributed by atoms with Crippen molar-refractivity contribution in [2.75, 3.05) is 26.2 Å². The van der Waals surface area contributed by atoms with Gasteiger partial charge in [-0.15, -0.1) is 0 Å². The molecule has 4 heterocycles. The molecule has 0 aromatic heterocycles. The van der Waals surface area contributed by atoms with Gasteiger partial charge in [0, 0.05) is 66.9 Å². The predicted molar refractivity (Wildman–Crippen MR) is 527 cm³/mol. The summed E-state index contributed by atoms with van der Waals surface area (Å²) in [6, 6.07) is 81.4. The normalized spacial score (nSPS) is 17.1. The molecular formula is C112H136N8O10S2. The number of sulfonamides is 2. The molecule has 10 aromatic rings. The Morgan fingerprint density at radius 1 is 0.265 bits per heavy atom. The summed E-state index contributed by atoms with van der Waals surface area (Å²) in [6.07, 6.45) is 22.6. The number of piperidine rings is 4. The average Bonchev–Trinajstić information content (AvgIpc) is 0.727. The molecule has 14 rings (SSSR count). The van der Waals surface area contributed by atoms with Gasteiger partial charge in [-0.05, 0) is 292 Å². The molecule has 0 spiro atoms. The van der Waals surface area contributed by atoms with E-state index in [1.54, 1.807) is 0 Å². The molecule has 6 amide bonds. The van der Waals surface area contributed by atoms with E-state index in [2.05, 4.69) is 118 Å². The first-order valence-electron chi connectivity index (χ1n) is 49.3. The highest BCUT2D eigenvalue weighted by Gasteiger charge is 2.45. The van der Waals surface area contributed by atoms with Crippen molar-refractivity contribution in [2.45, 2.75) is 289 Å². The van der Waals surface area contributed by atoms with E-state index in [1.165, 1.54) is 87.2 Å². The minimum atomic E-state index is -4.90. The van der Waals surface area contributed by atoms with Crippen LogP contribution in [0, 0.1) is 0 Å². The van der Waals surface area contributed by atoms with Crippen LogP contribution in [0.1, 0.15) is 245 Å². The predicted octanol–water partition coefficient (Wildman–Crippen LogP) is 20.0. The van der Waals surface area contributed by atoms with Crippen LogP contribution >= 0.6 is 0 Å². The quantitative estimate of drug-likeness (QED) is 0.0282. The van der Waals surface area contributed by atoms with Gasteiger partial charge in [-0.25, -0.2) is 16.8 Å². The maximum absolute atomic E-state index is 17.1. The molecule has 4 N–H and O–H groups in total. The molecule has 4 unspecified atom stereocenters. The third kappa shape index (κ3) is 27.7. The standard InChI is InChI=1S/C112H136N8O10S2/c121-107(113-94(65-33-57-85-41-9-1-10-42-85)66-34-58-86-43-11-2-12-44-86)102-73-25-29-77-117(102)111(125)100-83-98(131(127,128)119-79-31-27-75-104(119)109(123)115-96(69-37-61-89-49-17-5-18-50-89)70-38-62-90-51-19-6-20-52-90)81-93-82-99(132(129,130)120-80-32-28-76-105(120)110(124)116-97(71-39-63-91-53-21-7-22-54-91)72-40-64-92-55-23-8-24-56-92)84-101(106(93)100)112(126)118-78-30-26-74-103(118)108(122)114-95(67-35-59-87-45-13-3-14-46-87)68-36-60-88-47-15-4-16-48-88/h1-24,41-56,81-84,94-97,102-105H,25-40,57-80H2,(H,113,121)(H,114,122)(H,115,123)(H,116,124). The first-order valence-corrected chi connectivity index (χ1v) is 52.2. The minimum Gasteiger partial charge on any atom is -0.352 e. The van der Waals surface area contributed by atoms with Gasteiger partial charge < -0.3 is 31.1 Å². The SMILES string of the molecule is O=C(NC(CCCc1ccccc1)CCCc1ccccc1)C1CCCCN1C(=O)c1cc(S(=O)(=O)N2CCCCC2C(=O)NC(CCCc2ccccc2)CCCc2ccccc2)cc2cc(S(=O)(=O)N3CCCCC3C(=O)NC(CCCc3ccccc3)CCCc3ccccc3)cc(C(=O)N3CCCCC3C(=O)NC(CCCc3ccccc3)CCCc3ccccc3)c12. The lowest BCUT2D eigenvalue weighted by Crippen LogP contribution is -2.54. The number of carbonyl (C=O) groups is 6. The third-order valence-electron chi connectivity index (χ3n) is 27.6. The topological polar surface area (TPSA) is 232 Å². The Kier molecular flexibility index (Phi) is 36.6. The molecular weight excluding hydrogens is 1680 g/mol. The van der Waals surface area contributed by atoms with Crippen LogP contribution in [0.5, 0.6) is 0 Å². The van der Waals surface area contributed by atoms with Crippen LogP contribution in [0.15, 0.2) is 277 Å². The zero-order chi connectivity index (χ0) is 91.7. The number of likely N-dealkylation sites (tertiary alicyclic amines) is 2. The number of hydrogen-bond acceptors (Lipinski definition) is 10. The summed E-state index contributed by atoms with van der Waals surface area (Å²) >= 11 is 0. The van der Waals surface area contributed by atoms with Crippen LogP contribution in [-0.4, -0.2) is 145 Å². The first kappa shape index (κ1) is 97.1. The van der Waals surface area contributed by atoms with Gasteiger partial charge in [-0.3, -0.25) is 28.8 Å². The Morgan fingerprint density at radius 3 is 0.697 bits per heavy atom. The molecule has 10 aromatic carbocycles. The lowest BCUT2D eigenvalue weighted by molar-refractivity contribution is -0.128. The summed E-state index contributed by atoms with van der Waals surface area (Å²) in [5.74, 6) is -3.11. The smallest absolute Gasteiger partial charge is 0.255 e. The third-order valence-corrected chi connectivity index (χ3v) is 31.4. The van der Waals surface area contributed by atoms with Crippen LogP contribution in [0.4, 0.5) is 0 Å². The number of nitrogens with one attached hydrogen (secondary N) is 4. The molecule has 4 fully saturated rings. The Bertz CT molecular complexity index is 5030. The van der Waals surface area contributed by atoms with Crippen LogP contribution in [0.3, 0.4) is 0 Å². The first-order chi connectivity index (χ1) is 64.5. The molecule has 4 atom stereocenters. The zero-order valence-corrected chi connectivity index (χ0v) is 78.6. The second-order valence-electron chi connectivity index (χ2n) is 37.2. The van der Waals surface area contributed by atoms with Crippen molar-refractivity contribution in [3.05, 3.63) is 323 Å². The Balaban J connectivity index is 0.866. The van der Waals surface area contributed by atoms with E-state index in [4.69, 9.17) is 0 Å². The molecule has 0 saturated carbocycles. The van der Waals surface area contributed by atoms with Crippen LogP contribution < -0.4 is 21.3 Å². The van der Waals surface area contributed by atoms with E-state index < -0.39 is 77.6 Å². The van der Waals surface area contributed by atoms with Crippen molar-refractivity contribution in [3.63, 3.8) is 0 Å². The second kappa shape index (κ2) is 49.7. The molecule has 696 valence electrons. The molecule has 4 saturated heterocycles. The van der Waals surface area contributed by atoms with E-state index in [-0.39, 0.29) is 110 Å². The maximum atomic E-state index is 17.1. The van der Waals surface area contributed by atoms with Crippen molar-refractivity contribution in [1.29, 1.82) is 0 Å². The molecule has 4 aliphatic heterocycles. The van der Waals surface area contributed by atoms with Crippen molar-refractivity contribution >= 4 is 66.3 Å². The number of rotatable bonds is 46. The van der Waals surface area contributed by atoms with Crippen molar-refractivity contribution in [2.24, 2.45) is 0 Å². The fraction of sp³-hybridized carbons (Fsp3) is 0.429. The molecule has 4 aliphatic rings. The highest BCUT2D eigenvalue weighted by molar-refractivity contribution is 7.89. The van der Waals surface area contributed by atoms with Gasteiger partial charge in [0.15, 0.2) is 0 Å². The largest absolute Gasteiger partial charge is 0.352 e. The maximum Gasteiger partial charge on any atom is 0.255 e. The number of fused-ring (bicyclic) bond motifs is 1. The zero-order valence-electron chi connectivity index (χ0n) is 77.0. The fourth-order valence-corrected chi connectivity index (χ4v) is 23.8. The van der Waals surface area contributed by atoms with Gasteiger partial charge in [0.2, 0.25) is 43.7 Å². The number of benzene rings is 10. The van der Waals surface area contributed by atoms with Gasteiger partial charge in [0.1, 0.15) is 24.2 Å². The van der Waals surface area contributed by atoms with Crippen molar-refractivity contribution in [1.82, 2.24) is 39.7 Å².